The van der Waals surface area contributed by atoms with Crippen molar-refractivity contribution in [2.45, 2.75) is 58.3 Å². The van der Waals surface area contributed by atoms with Crippen LogP contribution in [0.2, 0.25) is 0 Å². The van der Waals surface area contributed by atoms with Crippen LogP contribution in [0, 0.1) is 25.4 Å². The molecule has 3 aromatic heterocycles. The Morgan fingerprint density at radius 1 is 0.667 bits per heavy atom. The van der Waals surface area contributed by atoms with E-state index >= 15 is 0 Å². The van der Waals surface area contributed by atoms with Crippen LogP contribution in [0.15, 0.2) is 164 Å². The Bertz CT molecular complexity index is 3810. The van der Waals surface area contributed by atoms with E-state index in [4.69, 9.17) is 23.4 Å². The molecule has 0 fully saturated rings. The van der Waals surface area contributed by atoms with Gasteiger partial charge in [0.2, 0.25) is 0 Å². The van der Waals surface area contributed by atoms with E-state index in [1.54, 1.807) is 33.4 Å². The van der Waals surface area contributed by atoms with Gasteiger partial charge >= 0.3 is 0 Å². The Morgan fingerprint density at radius 3 is 2.03 bits per heavy atom. The average molecular weight is 1010 g/mol. The SMILES string of the molecule is [2H]c1c([2H])c([2H])c(-c2cccc(-c3c([2H])c([2H])c([2H])c([2H])c3[2H])c2-[n+]2[c-]n(-c3[c-]c(Oc4[c-]c5c(cc4)c4ccccc4n5-c4ncc5c(c4C)C(C)(C)CCC5(C)C)ccc3)c3ccccc32)c([2H])c1[2H].[Pt]. The molecule has 312 valence electrons. The van der Waals surface area contributed by atoms with Gasteiger partial charge in [0.25, 0.3) is 6.33 Å². The summed E-state index contributed by atoms with van der Waals surface area (Å²) in [5.41, 5.74) is 7.40. The molecule has 0 bridgehead atoms. The zero-order valence-corrected chi connectivity index (χ0v) is 37.5. The van der Waals surface area contributed by atoms with Gasteiger partial charge < -0.3 is 13.9 Å². The molecule has 1 aliphatic carbocycles. The Labute approximate surface area is 397 Å². The molecular weight excluding hydrogens is 952 g/mol. The first-order valence-electron chi connectivity index (χ1n) is 25.7. The fourth-order valence-electron chi connectivity index (χ4n) is 9.36. The van der Waals surface area contributed by atoms with Crippen LogP contribution in [0.4, 0.5) is 0 Å². The average Bonchev–Trinajstić information content (AvgIpc) is 3.91. The minimum absolute atomic E-state index is 0. The smallest absolute Gasteiger partial charge is 0.268 e. The van der Waals surface area contributed by atoms with E-state index in [9.17, 15) is 0 Å². The van der Waals surface area contributed by atoms with E-state index in [-0.39, 0.29) is 59.8 Å². The van der Waals surface area contributed by atoms with Gasteiger partial charge in [-0.1, -0.05) is 154 Å². The summed E-state index contributed by atoms with van der Waals surface area (Å²) in [6.45, 7) is 11.4. The third-order valence-corrected chi connectivity index (χ3v) is 12.4. The third-order valence-electron chi connectivity index (χ3n) is 12.4. The van der Waals surface area contributed by atoms with Crippen LogP contribution < -0.4 is 9.30 Å². The standard InChI is InChI=1S/C57H46N4O.Pt/c1-38-53-48(56(2,3)32-33-57(53,4)5)36-58-55(38)61-49-27-13-12-24-46(49)47-31-30-43(35-52(47)61)62-42-23-16-22-41(34-42)59-37-60(51-29-15-14-28-50(51)59)54-44(39-18-8-6-9-19-39)25-17-26-45(54)40-20-10-7-11-21-40;/h6-31,36H,32-33H2,1-5H3;/q-2;/i6D,7D,8D,9D,10D,11D,18D,19D,20D,21D;. The molecule has 0 N–H and O–H groups in total. The van der Waals surface area contributed by atoms with Crippen LogP contribution in [0.1, 0.15) is 70.9 Å². The van der Waals surface area contributed by atoms with Gasteiger partial charge in [0.15, 0.2) is 0 Å². The first-order valence-corrected chi connectivity index (χ1v) is 20.7. The molecule has 0 amide bonds. The van der Waals surface area contributed by atoms with Gasteiger partial charge in [0.05, 0.1) is 30.4 Å². The minimum Gasteiger partial charge on any atom is -0.510 e. The second-order valence-electron chi connectivity index (χ2n) is 17.2. The van der Waals surface area contributed by atoms with Gasteiger partial charge in [0.1, 0.15) is 5.82 Å². The van der Waals surface area contributed by atoms with Gasteiger partial charge in [-0.2, -0.15) is 18.2 Å². The molecule has 0 spiro atoms. The zero-order chi connectivity index (χ0) is 50.9. The predicted octanol–water partition coefficient (Wildman–Crippen LogP) is 13.6. The molecule has 10 aromatic rings. The van der Waals surface area contributed by atoms with Crippen molar-refractivity contribution in [2.24, 2.45) is 0 Å². The number of rotatable bonds is 7. The Hall–Kier alpha value is -6.55. The summed E-state index contributed by atoms with van der Waals surface area (Å²) in [7, 11) is 0. The summed E-state index contributed by atoms with van der Waals surface area (Å²) >= 11 is 0. The van der Waals surface area contributed by atoms with Gasteiger partial charge in [-0.05, 0) is 86.7 Å². The van der Waals surface area contributed by atoms with Crippen molar-refractivity contribution in [1.29, 1.82) is 0 Å². The quantitative estimate of drug-likeness (QED) is 0.118. The predicted molar refractivity (Wildman–Crippen MR) is 251 cm³/mol. The molecule has 0 saturated carbocycles. The van der Waals surface area contributed by atoms with Crippen molar-refractivity contribution >= 4 is 32.8 Å². The van der Waals surface area contributed by atoms with Crippen LogP contribution >= 0.6 is 0 Å². The minimum atomic E-state index is -0.569. The molecule has 63 heavy (non-hydrogen) atoms. The van der Waals surface area contributed by atoms with Crippen molar-refractivity contribution in [1.82, 2.24) is 14.1 Å². The maximum Gasteiger partial charge on any atom is 0.268 e. The van der Waals surface area contributed by atoms with Gasteiger partial charge in [0, 0.05) is 44.3 Å². The van der Waals surface area contributed by atoms with Crippen LogP contribution in [-0.4, -0.2) is 14.1 Å². The molecule has 11 rings (SSSR count). The second kappa shape index (κ2) is 15.7. The summed E-state index contributed by atoms with van der Waals surface area (Å²) in [6, 6.07) is 31.5. The number of pyridine rings is 1. The molecule has 6 heteroatoms. The molecule has 5 nitrogen and oxygen atoms in total. The van der Waals surface area contributed by atoms with E-state index in [0.717, 1.165) is 46.0 Å². The number of ether oxygens (including phenoxy) is 1. The van der Waals surface area contributed by atoms with E-state index in [2.05, 4.69) is 76.0 Å². The molecule has 0 aliphatic heterocycles. The second-order valence-corrected chi connectivity index (χ2v) is 17.2. The largest absolute Gasteiger partial charge is 0.510 e. The summed E-state index contributed by atoms with van der Waals surface area (Å²) < 4.78 is 99.2. The number of benzene rings is 7. The van der Waals surface area contributed by atoms with E-state index in [0.29, 0.717) is 28.2 Å². The summed E-state index contributed by atoms with van der Waals surface area (Å²) in [6.07, 6.45) is 7.64. The normalized spacial score (nSPS) is 16.3. The van der Waals surface area contributed by atoms with E-state index < -0.39 is 60.4 Å². The van der Waals surface area contributed by atoms with Crippen LogP contribution in [0.5, 0.6) is 11.5 Å². The topological polar surface area (TPSA) is 35.9 Å². The van der Waals surface area contributed by atoms with Crippen molar-refractivity contribution in [3.63, 3.8) is 0 Å². The van der Waals surface area contributed by atoms with Crippen LogP contribution in [-0.2, 0) is 31.9 Å². The first-order chi connectivity index (χ1) is 34.3. The monoisotopic (exact) mass is 1010 g/mol. The molecule has 0 radical (unpaired) electrons. The number of aromatic nitrogens is 4. The summed E-state index contributed by atoms with van der Waals surface area (Å²) in [5, 5.41) is 2.06. The van der Waals surface area contributed by atoms with Crippen LogP contribution in [0.25, 0.3) is 72.3 Å². The number of nitrogens with zero attached hydrogens (tertiary/aromatic N) is 4. The number of hydrogen-bond donors (Lipinski definition) is 0. The maximum atomic E-state index is 9.02. The van der Waals surface area contributed by atoms with Gasteiger partial charge in [-0.15, -0.1) is 29.7 Å². The number of hydrogen-bond acceptors (Lipinski definition) is 2. The Balaban J connectivity index is 0.00000611. The number of fused-ring (bicyclic) bond motifs is 5. The molecule has 0 saturated heterocycles. The van der Waals surface area contributed by atoms with Crippen LogP contribution in [0.3, 0.4) is 0 Å². The van der Waals surface area contributed by atoms with E-state index in [1.165, 1.54) is 11.1 Å². The Morgan fingerprint density at radius 2 is 1.30 bits per heavy atom. The number of para-hydroxylation sites is 4. The first kappa shape index (κ1) is 30.5. The summed E-state index contributed by atoms with van der Waals surface area (Å²) in [4.78, 5) is 5.19. The molecule has 0 unspecified atom stereocenters. The third kappa shape index (κ3) is 6.82. The molecule has 1 aliphatic rings. The summed E-state index contributed by atoms with van der Waals surface area (Å²) in [5.74, 6) is 1.66. The van der Waals surface area contributed by atoms with Gasteiger partial charge in [-0.3, -0.25) is 4.57 Å². The molecule has 7 aromatic carbocycles. The van der Waals surface area contributed by atoms with Gasteiger partial charge in [-0.25, -0.2) is 4.98 Å². The molecule has 0 atom stereocenters. The van der Waals surface area contributed by atoms with Crippen molar-refractivity contribution in [2.75, 3.05) is 0 Å². The fraction of sp³-hybridized carbons (Fsp3) is 0.158. The van der Waals surface area contributed by atoms with Crippen molar-refractivity contribution in [3.05, 3.63) is 199 Å². The van der Waals surface area contributed by atoms with E-state index in [1.807, 2.05) is 60.7 Å². The Kier molecular flexibility index (Phi) is 7.58. The molecule has 3 heterocycles. The molecular formula is C57H46N4OPt-2. The van der Waals surface area contributed by atoms with Crippen molar-refractivity contribution < 1.29 is 44.1 Å². The maximum absolute atomic E-state index is 9.02. The zero-order valence-electron chi connectivity index (χ0n) is 45.2. The fourth-order valence-corrected chi connectivity index (χ4v) is 9.36. The van der Waals surface area contributed by atoms with Crippen molar-refractivity contribution in [3.8, 4) is 50.9 Å². The number of imidazole rings is 1.